The van der Waals surface area contributed by atoms with E-state index in [4.69, 9.17) is 4.55 Å². The first-order valence-corrected chi connectivity index (χ1v) is 13.2. The molecular formula is C21H37NaO3S. The zero-order chi connectivity index (χ0) is 19.8. The quantitative estimate of drug-likeness (QED) is 0.253. The molecule has 0 unspecified atom stereocenters. The summed E-state index contributed by atoms with van der Waals surface area (Å²) in [5.74, 6) is 0. The Morgan fingerprint density at radius 1 is 0.846 bits per heavy atom. The largest absolute Gasteiger partial charge is 0.294 e. The summed E-state index contributed by atoms with van der Waals surface area (Å²) < 4.78 is 31.8. The monoisotopic (exact) mass is 392 g/mol. The molecule has 146 valence electrons. The molecule has 0 amide bonds. The standard InChI is InChI=1S/C13H27.C8H10O3S.Na/c1-3-5-7-9-11-13-12-10-8-6-4-2;1-6-4-3-5-8(7(6)2)12(9,10)11;/h1,3-13H2,2H3;3-5H,1-2H3,(H,9,10,11);. The van der Waals surface area contributed by atoms with E-state index in [2.05, 4.69) is 6.92 Å². The van der Waals surface area contributed by atoms with E-state index in [9.17, 15) is 8.42 Å². The van der Waals surface area contributed by atoms with Crippen LogP contribution in [0.25, 0.3) is 0 Å². The molecule has 0 saturated carbocycles. The molecular weight excluding hydrogens is 355 g/mol. The molecule has 0 aliphatic carbocycles. The summed E-state index contributed by atoms with van der Waals surface area (Å²) in [5.41, 5.74) is 1.45. The average Bonchev–Trinajstić information content (AvgIpc) is 2.58. The van der Waals surface area contributed by atoms with Crippen molar-refractivity contribution in [3.05, 3.63) is 29.3 Å². The minimum Gasteiger partial charge on any atom is -0.282 e. The second-order valence-corrected chi connectivity index (χ2v) is 9.60. The fraction of sp³-hybridized carbons (Fsp3) is 0.714. The van der Waals surface area contributed by atoms with E-state index in [0.717, 1.165) is 5.56 Å². The Balaban J connectivity index is 0.000000485. The average molecular weight is 393 g/mol. The van der Waals surface area contributed by atoms with E-state index in [0.29, 0.717) is 5.56 Å². The summed E-state index contributed by atoms with van der Waals surface area (Å²) in [6.45, 7) is 5.75. The Morgan fingerprint density at radius 3 is 1.69 bits per heavy atom. The molecule has 1 aromatic rings. The molecule has 1 rings (SSSR count). The van der Waals surface area contributed by atoms with Crippen molar-refractivity contribution in [2.24, 2.45) is 0 Å². The molecule has 1 aromatic carbocycles. The van der Waals surface area contributed by atoms with Crippen molar-refractivity contribution in [2.45, 2.75) is 100.0 Å². The van der Waals surface area contributed by atoms with Gasteiger partial charge in [0.25, 0.3) is 10.1 Å². The third-order valence-electron chi connectivity index (χ3n) is 4.79. The van der Waals surface area contributed by atoms with Gasteiger partial charge in [-0.2, -0.15) is 8.42 Å². The van der Waals surface area contributed by atoms with Gasteiger partial charge in [0.05, 0.1) is 4.90 Å². The van der Waals surface area contributed by atoms with E-state index in [-0.39, 0.29) is 4.90 Å². The SMILES string of the molecule is CCCCCCCCCCCC[CH2][Na].Cc1cccc(S(=O)(=O)O)c1C. The van der Waals surface area contributed by atoms with Crippen molar-refractivity contribution in [1.29, 1.82) is 0 Å². The Kier molecular flexibility index (Phi) is 16.2. The predicted octanol–water partition coefficient (Wildman–Crippen LogP) is 6.43. The molecule has 0 fully saturated rings. The number of rotatable bonds is 12. The molecule has 26 heavy (non-hydrogen) atoms. The second-order valence-electron chi connectivity index (χ2n) is 7.21. The van der Waals surface area contributed by atoms with Gasteiger partial charge in [-0.25, -0.2) is 0 Å². The Morgan fingerprint density at radius 2 is 1.31 bits per heavy atom. The van der Waals surface area contributed by atoms with Crippen LogP contribution in [0.15, 0.2) is 23.1 Å². The maximum absolute atomic E-state index is 10.8. The maximum Gasteiger partial charge on any atom is 0.294 e. The van der Waals surface area contributed by atoms with Gasteiger partial charge in [0.2, 0.25) is 0 Å². The predicted molar refractivity (Wildman–Crippen MR) is 113 cm³/mol. The number of benzene rings is 1. The molecule has 0 saturated heterocycles. The Labute approximate surface area is 179 Å². The van der Waals surface area contributed by atoms with Crippen molar-refractivity contribution in [2.75, 3.05) is 0 Å². The first-order chi connectivity index (χ1) is 12.3. The maximum atomic E-state index is 10.8. The smallest absolute Gasteiger partial charge is 0.282 e. The second kappa shape index (κ2) is 16.1. The molecule has 0 heterocycles. The minimum atomic E-state index is -4.06. The van der Waals surface area contributed by atoms with E-state index in [1.54, 1.807) is 26.0 Å². The van der Waals surface area contributed by atoms with Crippen molar-refractivity contribution in [1.82, 2.24) is 0 Å². The van der Waals surface area contributed by atoms with Gasteiger partial charge in [0.15, 0.2) is 0 Å². The topological polar surface area (TPSA) is 54.4 Å². The van der Waals surface area contributed by atoms with Crippen molar-refractivity contribution in [3.63, 3.8) is 0 Å². The first-order valence-electron chi connectivity index (χ1n) is 10.4. The van der Waals surface area contributed by atoms with Crippen molar-refractivity contribution in [3.8, 4) is 0 Å². The molecule has 0 aromatic heterocycles. The van der Waals surface area contributed by atoms with Crippen molar-refractivity contribution < 1.29 is 13.0 Å². The summed E-state index contributed by atoms with van der Waals surface area (Å²) >= 11 is 1.41. The zero-order valence-corrected chi connectivity index (χ0v) is 20.2. The van der Waals surface area contributed by atoms with E-state index in [1.807, 2.05) is 0 Å². The van der Waals surface area contributed by atoms with Gasteiger partial charge in [-0.15, -0.1) is 0 Å². The zero-order valence-electron chi connectivity index (χ0n) is 17.4. The molecule has 3 nitrogen and oxygen atoms in total. The van der Waals surface area contributed by atoms with Gasteiger partial charge in [0.1, 0.15) is 0 Å². The van der Waals surface area contributed by atoms with Crippen LogP contribution in [0.3, 0.4) is 0 Å². The molecule has 5 heteroatoms. The summed E-state index contributed by atoms with van der Waals surface area (Å²) in [5, 5.41) is 0. The molecule has 0 atom stereocenters. The molecule has 1 N–H and O–H groups in total. The number of hydrogen-bond donors (Lipinski definition) is 1. The third-order valence-corrected chi connectivity index (χ3v) is 6.50. The molecule has 0 radical (unpaired) electrons. The van der Waals surface area contributed by atoms with Crippen LogP contribution < -0.4 is 0 Å². The minimum absolute atomic E-state index is 0.0116. The van der Waals surface area contributed by atoms with Crippen LogP contribution in [0.5, 0.6) is 0 Å². The van der Waals surface area contributed by atoms with E-state index < -0.39 is 10.1 Å². The van der Waals surface area contributed by atoms with Gasteiger partial charge in [-0.1, -0.05) is 19.1 Å². The van der Waals surface area contributed by atoms with Gasteiger partial charge in [-0.05, 0) is 31.0 Å². The van der Waals surface area contributed by atoms with Crippen LogP contribution in [0.4, 0.5) is 0 Å². The van der Waals surface area contributed by atoms with Gasteiger partial charge < -0.3 is 0 Å². The van der Waals surface area contributed by atoms with Crippen molar-refractivity contribution >= 4 is 38.0 Å². The fourth-order valence-electron chi connectivity index (χ4n) is 2.92. The van der Waals surface area contributed by atoms with E-state index in [1.165, 1.54) is 108 Å². The Bertz CT molecular complexity index is 559. The van der Waals surface area contributed by atoms with Gasteiger partial charge >= 0.3 is 102 Å². The van der Waals surface area contributed by atoms with Crippen LogP contribution in [-0.2, 0) is 10.1 Å². The normalized spacial score (nSPS) is 11.2. The van der Waals surface area contributed by atoms with Gasteiger partial charge in [-0.3, -0.25) is 4.55 Å². The van der Waals surface area contributed by atoms with Crippen LogP contribution in [-0.4, -0.2) is 40.9 Å². The molecule has 0 bridgehead atoms. The van der Waals surface area contributed by atoms with Crippen LogP contribution in [0, 0.1) is 13.8 Å². The van der Waals surface area contributed by atoms with Crippen LogP contribution >= 0.6 is 0 Å². The van der Waals surface area contributed by atoms with E-state index >= 15 is 0 Å². The van der Waals surface area contributed by atoms with Crippen LogP contribution in [0.2, 0.25) is 3.67 Å². The third kappa shape index (κ3) is 13.3. The van der Waals surface area contributed by atoms with Gasteiger partial charge in [0, 0.05) is 0 Å². The molecule has 0 spiro atoms. The Hall–Kier alpha value is 0.130. The number of unbranched alkanes of at least 4 members (excludes halogenated alkanes) is 10. The summed E-state index contributed by atoms with van der Waals surface area (Å²) in [6.07, 6.45) is 16.2. The molecule has 0 aliphatic heterocycles. The summed E-state index contributed by atoms with van der Waals surface area (Å²) in [4.78, 5) is -0.0116. The molecule has 0 aliphatic rings. The van der Waals surface area contributed by atoms with Crippen LogP contribution in [0.1, 0.15) is 88.7 Å². The first kappa shape index (κ1) is 26.1. The number of hydrogen-bond acceptors (Lipinski definition) is 2. The number of aryl methyl sites for hydroxylation is 1. The fourth-order valence-corrected chi connectivity index (χ4v) is 4.22. The summed E-state index contributed by atoms with van der Waals surface area (Å²) in [6, 6.07) is 4.78. The summed E-state index contributed by atoms with van der Waals surface area (Å²) in [7, 11) is -4.06.